The van der Waals surface area contributed by atoms with Gasteiger partial charge in [-0.1, -0.05) is 13.8 Å². The molecular weight excluding hydrogens is 228 g/mol. The molecule has 2 rings (SSSR count). The number of nitrogen functional groups attached to an aromatic ring is 1. The van der Waals surface area contributed by atoms with Crippen LogP contribution in [-0.2, 0) is 0 Å². The Bertz CT molecular complexity index is 418. The third-order valence-electron chi connectivity index (χ3n) is 3.40. The highest BCUT2D eigenvalue weighted by Crippen LogP contribution is 2.41. The van der Waals surface area contributed by atoms with Gasteiger partial charge in [-0.25, -0.2) is 0 Å². The predicted molar refractivity (Wildman–Crippen MR) is 72.9 cm³/mol. The van der Waals surface area contributed by atoms with Gasteiger partial charge in [0.2, 0.25) is 5.79 Å². The number of hydrogen-bond donors (Lipinski definition) is 1. The second-order valence-electron chi connectivity index (χ2n) is 4.82. The average molecular weight is 250 g/mol. The van der Waals surface area contributed by atoms with Crippen LogP contribution in [0.1, 0.15) is 27.2 Å². The molecule has 0 amide bonds. The molecule has 18 heavy (non-hydrogen) atoms. The van der Waals surface area contributed by atoms with Gasteiger partial charge in [0.15, 0.2) is 11.5 Å². The lowest BCUT2D eigenvalue weighted by molar-refractivity contribution is -0.0728. The monoisotopic (exact) mass is 250 g/mol. The quantitative estimate of drug-likeness (QED) is 0.816. The van der Waals surface area contributed by atoms with E-state index in [0.717, 1.165) is 37.6 Å². The summed E-state index contributed by atoms with van der Waals surface area (Å²) in [4.78, 5) is 2.36. The summed E-state index contributed by atoms with van der Waals surface area (Å²) in [5.74, 6) is 0.960. The van der Waals surface area contributed by atoms with Crippen molar-refractivity contribution in [2.75, 3.05) is 25.4 Å². The fourth-order valence-corrected chi connectivity index (χ4v) is 2.18. The highest BCUT2D eigenvalue weighted by molar-refractivity contribution is 5.53. The van der Waals surface area contributed by atoms with Crippen molar-refractivity contribution in [2.24, 2.45) is 0 Å². The van der Waals surface area contributed by atoms with Gasteiger partial charge in [-0.3, -0.25) is 0 Å². The van der Waals surface area contributed by atoms with Crippen molar-refractivity contribution in [3.63, 3.8) is 0 Å². The molecule has 100 valence electrons. The topological polar surface area (TPSA) is 47.7 Å². The molecule has 1 heterocycles. The Morgan fingerprint density at radius 2 is 1.83 bits per heavy atom. The van der Waals surface area contributed by atoms with Crippen molar-refractivity contribution in [1.29, 1.82) is 0 Å². The number of nitrogens with zero attached hydrogens (tertiary/aromatic N) is 1. The van der Waals surface area contributed by atoms with E-state index in [1.807, 2.05) is 25.1 Å². The van der Waals surface area contributed by atoms with Gasteiger partial charge in [-0.05, 0) is 25.2 Å². The Labute approximate surface area is 109 Å². The third-order valence-corrected chi connectivity index (χ3v) is 3.40. The molecule has 2 N–H and O–H groups in total. The van der Waals surface area contributed by atoms with Crippen LogP contribution in [0.4, 0.5) is 5.69 Å². The SMILES string of the molecule is CCN(CC)CC[C@@]1(C)Oc2ccc(N)cc2O1. The number of rotatable bonds is 5. The highest BCUT2D eigenvalue weighted by atomic mass is 16.7. The molecule has 0 bridgehead atoms. The van der Waals surface area contributed by atoms with Gasteiger partial charge in [0, 0.05) is 31.6 Å². The molecule has 0 radical (unpaired) electrons. The first-order chi connectivity index (χ1) is 8.56. The summed E-state index contributed by atoms with van der Waals surface area (Å²) in [6, 6.07) is 5.52. The standard InChI is InChI=1S/C14H22N2O2/c1-4-16(5-2)9-8-14(3)17-12-7-6-11(15)10-13(12)18-14/h6-7,10H,4-5,8-9,15H2,1-3H3/t14-/m0/s1. The van der Waals surface area contributed by atoms with Crippen LogP contribution in [0.3, 0.4) is 0 Å². The predicted octanol–water partition coefficient (Wildman–Crippen LogP) is 2.49. The Morgan fingerprint density at radius 3 is 2.50 bits per heavy atom. The largest absolute Gasteiger partial charge is 0.449 e. The van der Waals surface area contributed by atoms with Crippen LogP contribution in [0.25, 0.3) is 0 Å². The summed E-state index contributed by atoms with van der Waals surface area (Å²) in [5, 5.41) is 0. The van der Waals surface area contributed by atoms with Gasteiger partial charge in [0.05, 0.1) is 0 Å². The van der Waals surface area contributed by atoms with Crippen LogP contribution in [0.5, 0.6) is 11.5 Å². The number of ether oxygens (including phenoxy) is 2. The van der Waals surface area contributed by atoms with Gasteiger partial charge in [0.1, 0.15) is 0 Å². The minimum atomic E-state index is -0.571. The first-order valence-corrected chi connectivity index (χ1v) is 6.56. The Balaban J connectivity index is 1.99. The lowest BCUT2D eigenvalue weighted by atomic mass is 10.2. The van der Waals surface area contributed by atoms with E-state index in [9.17, 15) is 0 Å². The first-order valence-electron chi connectivity index (χ1n) is 6.56. The molecule has 0 aliphatic carbocycles. The van der Waals surface area contributed by atoms with Crippen LogP contribution < -0.4 is 15.2 Å². The second-order valence-corrected chi connectivity index (χ2v) is 4.82. The zero-order chi connectivity index (χ0) is 13.2. The van der Waals surface area contributed by atoms with E-state index < -0.39 is 5.79 Å². The summed E-state index contributed by atoms with van der Waals surface area (Å²) in [6.07, 6.45) is 0.837. The minimum absolute atomic E-state index is 0.571. The fraction of sp³-hybridized carbons (Fsp3) is 0.571. The van der Waals surface area contributed by atoms with E-state index in [2.05, 4.69) is 18.7 Å². The van der Waals surface area contributed by atoms with Crippen LogP contribution >= 0.6 is 0 Å². The molecule has 0 spiro atoms. The van der Waals surface area contributed by atoms with Crippen LogP contribution in [-0.4, -0.2) is 30.3 Å². The Kier molecular flexibility index (Phi) is 3.66. The summed E-state index contributed by atoms with van der Waals surface area (Å²) >= 11 is 0. The lowest BCUT2D eigenvalue weighted by Gasteiger charge is -2.26. The minimum Gasteiger partial charge on any atom is -0.449 e. The summed E-state index contributed by atoms with van der Waals surface area (Å²) in [5.41, 5.74) is 6.44. The molecule has 0 fully saturated rings. The smallest absolute Gasteiger partial charge is 0.250 e. The maximum absolute atomic E-state index is 5.89. The van der Waals surface area contributed by atoms with Crippen LogP contribution in [0, 0.1) is 0 Å². The third kappa shape index (κ3) is 2.70. The summed E-state index contributed by atoms with van der Waals surface area (Å²) < 4.78 is 11.8. The van der Waals surface area contributed by atoms with E-state index >= 15 is 0 Å². The van der Waals surface area contributed by atoms with Crippen molar-refractivity contribution in [3.05, 3.63) is 18.2 Å². The van der Waals surface area contributed by atoms with E-state index in [1.165, 1.54) is 0 Å². The van der Waals surface area contributed by atoms with Crippen molar-refractivity contribution < 1.29 is 9.47 Å². The molecule has 1 aliphatic rings. The van der Waals surface area contributed by atoms with Crippen molar-refractivity contribution in [2.45, 2.75) is 33.0 Å². The molecule has 0 saturated heterocycles. The van der Waals surface area contributed by atoms with E-state index in [1.54, 1.807) is 0 Å². The zero-order valence-corrected chi connectivity index (χ0v) is 11.4. The lowest BCUT2D eigenvalue weighted by Crippen LogP contribution is -2.39. The number of anilines is 1. The van der Waals surface area contributed by atoms with Gasteiger partial charge in [0.25, 0.3) is 0 Å². The van der Waals surface area contributed by atoms with Gasteiger partial charge in [-0.2, -0.15) is 0 Å². The van der Waals surface area contributed by atoms with Gasteiger partial charge < -0.3 is 20.1 Å². The van der Waals surface area contributed by atoms with Crippen molar-refractivity contribution in [1.82, 2.24) is 4.90 Å². The normalized spacial score (nSPS) is 21.6. The summed E-state index contributed by atoms with van der Waals surface area (Å²) in [7, 11) is 0. The number of fused-ring (bicyclic) bond motifs is 1. The van der Waals surface area contributed by atoms with Crippen LogP contribution in [0.2, 0.25) is 0 Å². The molecule has 1 atom stereocenters. The molecule has 1 aromatic carbocycles. The molecule has 0 unspecified atom stereocenters. The molecule has 4 heteroatoms. The van der Waals surface area contributed by atoms with E-state index in [0.29, 0.717) is 5.69 Å². The van der Waals surface area contributed by atoms with E-state index in [4.69, 9.17) is 15.2 Å². The maximum atomic E-state index is 5.89. The van der Waals surface area contributed by atoms with E-state index in [-0.39, 0.29) is 0 Å². The first kappa shape index (κ1) is 13.0. The second kappa shape index (κ2) is 5.06. The number of benzene rings is 1. The number of hydrogen-bond acceptors (Lipinski definition) is 4. The number of nitrogens with two attached hydrogens (primary N) is 1. The molecule has 1 aromatic rings. The fourth-order valence-electron chi connectivity index (χ4n) is 2.18. The van der Waals surface area contributed by atoms with Gasteiger partial charge >= 0.3 is 0 Å². The van der Waals surface area contributed by atoms with Crippen molar-refractivity contribution >= 4 is 5.69 Å². The molecule has 0 saturated carbocycles. The highest BCUT2D eigenvalue weighted by Gasteiger charge is 2.36. The Hall–Kier alpha value is -1.42. The van der Waals surface area contributed by atoms with Gasteiger partial charge in [-0.15, -0.1) is 0 Å². The average Bonchev–Trinajstić information content (AvgIpc) is 2.66. The molecular formula is C14H22N2O2. The molecule has 0 aromatic heterocycles. The van der Waals surface area contributed by atoms with Crippen molar-refractivity contribution in [3.8, 4) is 11.5 Å². The zero-order valence-electron chi connectivity index (χ0n) is 11.4. The molecule has 1 aliphatic heterocycles. The molecule has 4 nitrogen and oxygen atoms in total. The summed E-state index contributed by atoms with van der Waals surface area (Å²) in [6.45, 7) is 9.37. The maximum Gasteiger partial charge on any atom is 0.250 e. The Morgan fingerprint density at radius 1 is 1.17 bits per heavy atom. The van der Waals surface area contributed by atoms with Crippen LogP contribution in [0.15, 0.2) is 18.2 Å².